The molecule has 1 atom stereocenters. The fourth-order valence-corrected chi connectivity index (χ4v) is 2.59. The van der Waals surface area contributed by atoms with Crippen molar-refractivity contribution in [2.75, 3.05) is 26.5 Å². The molecule has 0 aliphatic heterocycles. The van der Waals surface area contributed by atoms with Crippen molar-refractivity contribution >= 4 is 28.9 Å². The number of rotatable bonds is 5. The van der Waals surface area contributed by atoms with Crippen LogP contribution in [0.15, 0.2) is 48.5 Å². The second-order valence-electron chi connectivity index (χ2n) is 5.87. The predicted octanol–water partition coefficient (Wildman–Crippen LogP) is 3.44. The van der Waals surface area contributed by atoms with Crippen molar-refractivity contribution < 1.29 is 9.53 Å². The molecule has 2 aromatic rings. The van der Waals surface area contributed by atoms with Gasteiger partial charge in [0.1, 0.15) is 5.75 Å². The van der Waals surface area contributed by atoms with E-state index >= 15 is 0 Å². The lowest BCUT2D eigenvalue weighted by Crippen LogP contribution is -2.30. The van der Waals surface area contributed by atoms with Crippen LogP contribution in [0, 0.1) is 0 Å². The van der Waals surface area contributed by atoms with Crippen LogP contribution in [-0.4, -0.2) is 37.1 Å². The van der Waals surface area contributed by atoms with Gasteiger partial charge in [0.15, 0.2) is 5.11 Å². The molecule has 0 spiro atoms. The Morgan fingerprint density at radius 2 is 1.68 bits per heavy atom. The highest BCUT2D eigenvalue weighted by atomic mass is 32.1. The summed E-state index contributed by atoms with van der Waals surface area (Å²) >= 11 is 5.36. The van der Waals surface area contributed by atoms with Crippen molar-refractivity contribution in [2.24, 2.45) is 0 Å². The average Bonchev–Trinajstić information content (AvgIpc) is 2.61. The van der Waals surface area contributed by atoms with Gasteiger partial charge in [-0.25, -0.2) is 0 Å². The number of nitrogens with one attached hydrogen (secondary N) is 2. The molecule has 0 radical (unpaired) electrons. The Kier molecular flexibility index (Phi) is 6.36. The molecule has 2 aromatic carbocycles. The second-order valence-corrected chi connectivity index (χ2v) is 6.28. The Morgan fingerprint density at radius 1 is 1.08 bits per heavy atom. The van der Waals surface area contributed by atoms with Crippen LogP contribution in [0.1, 0.15) is 28.9 Å². The van der Waals surface area contributed by atoms with Crippen LogP contribution in [0.25, 0.3) is 0 Å². The number of carbonyl (C=O) groups is 1. The Balaban J connectivity index is 1.93. The molecule has 1 amide bonds. The third kappa shape index (κ3) is 5.19. The molecule has 2 N–H and O–H groups in total. The lowest BCUT2D eigenvalue weighted by molar-refractivity contribution is 0.0827. The summed E-state index contributed by atoms with van der Waals surface area (Å²) in [5, 5.41) is 6.90. The van der Waals surface area contributed by atoms with Crippen LogP contribution < -0.4 is 15.4 Å². The SMILES string of the molecule is COc1ccc(C(C)NC(=S)Nc2ccc(C(=O)N(C)C)cc2)cc1. The highest BCUT2D eigenvalue weighted by Gasteiger charge is 2.09. The monoisotopic (exact) mass is 357 g/mol. The summed E-state index contributed by atoms with van der Waals surface area (Å²) in [5.74, 6) is 0.796. The smallest absolute Gasteiger partial charge is 0.253 e. The van der Waals surface area contributed by atoms with Gasteiger partial charge in [0.2, 0.25) is 0 Å². The number of methoxy groups -OCH3 is 1. The number of carbonyl (C=O) groups excluding carboxylic acids is 1. The molecule has 25 heavy (non-hydrogen) atoms. The number of ether oxygens (including phenoxy) is 1. The molecule has 0 saturated heterocycles. The number of hydrogen-bond acceptors (Lipinski definition) is 3. The molecule has 0 heterocycles. The number of amides is 1. The number of hydrogen-bond donors (Lipinski definition) is 2. The van der Waals surface area contributed by atoms with Gasteiger partial charge < -0.3 is 20.3 Å². The second kappa shape index (κ2) is 8.48. The van der Waals surface area contributed by atoms with Gasteiger partial charge >= 0.3 is 0 Å². The largest absolute Gasteiger partial charge is 0.497 e. The van der Waals surface area contributed by atoms with Crippen molar-refractivity contribution in [2.45, 2.75) is 13.0 Å². The fourth-order valence-electron chi connectivity index (χ4n) is 2.29. The molecule has 0 aromatic heterocycles. The highest BCUT2D eigenvalue weighted by Crippen LogP contribution is 2.17. The summed E-state index contributed by atoms with van der Waals surface area (Å²) in [4.78, 5) is 13.4. The molecular weight excluding hydrogens is 334 g/mol. The minimum atomic E-state index is -0.0274. The van der Waals surface area contributed by atoms with E-state index in [0.29, 0.717) is 10.7 Å². The molecule has 5 nitrogen and oxygen atoms in total. The van der Waals surface area contributed by atoms with Gasteiger partial charge in [-0.3, -0.25) is 4.79 Å². The van der Waals surface area contributed by atoms with E-state index in [2.05, 4.69) is 10.6 Å². The van der Waals surface area contributed by atoms with Crippen LogP contribution in [0.3, 0.4) is 0 Å². The maximum atomic E-state index is 11.9. The molecule has 0 saturated carbocycles. The van der Waals surface area contributed by atoms with Gasteiger partial charge in [-0.05, 0) is 61.1 Å². The minimum Gasteiger partial charge on any atom is -0.497 e. The first kappa shape index (κ1) is 18.7. The van der Waals surface area contributed by atoms with Crippen LogP contribution in [0.2, 0.25) is 0 Å². The normalized spacial score (nSPS) is 11.4. The molecule has 0 fully saturated rings. The van der Waals surface area contributed by atoms with Crippen LogP contribution in [0.4, 0.5) is 5.69 Å². The van der Waals surface area contributed by atoms with Gasteiger partial charge in [-0.2, -0.15) is 0 Å². The van der Waals surface area contributed by atoms with Crippen LogP contribution in [0.5, 0.6) is 5.75 Å². The van der Waals surface area contributed by atoms with E-state index in [9.17, 15) is 4.79 Å². The summed E-state index contributed by atoms with van der Waals surface area (Å²) in [5.41, 5.74) is 2.58. The predicted molar refractivity (Wildman–Crippen MR) is 105 cm³/mol. The van der Waals surface area contributed by atoms with E-state index in [1.807, 2.05) is 43.3 Å². The molecular formula is C19H23N3O2S. The van der Waals surface area contributed by atoms with Gasteiger partial charge in [0.25, 0.3) is 5.91 Å². The maximum absolute atomic E-state index is 11.9. The van der Waals surface area contributed by atoms with E-state index in [1.165, 1.54) is 0 Å². The molecule has 0 bridgehead atoms. The third-order valence-electron chi connectivity index (χ3n) is 3.76. The Morgan fingerprint density at radius 3 is 2.20 bits per heavy atom. The quantitative estimate of drug-likeness (QED) is 0.803. The van der Waals surface area contributed by atoms with Crippen LogP contribution >= 0.6 is 12.2 Å². The number of nitrogens with zero attached hydrogens (tertiary/aromatic N) is 1. The molecule has 1 unspecified atom stereocenters. The minimum absolute atomic E-state index is 0.0274. The van der Waals surface area contributed by atoms with Gasteiger partial charge in [-0.15, -0.1) is 0 Å². The maximum Gasteiger partial charge on any atom is 0.253 e. The first-order valence-corrected chi connectivity index (χ1v) is 8.34. The van der Waals surface area contributed by atoms with Gasteiger partial charge in [-0.1, -0.05) is 12.1 Å². The van der Waals surface area contributed by atoms with E-state index < -0.39 is 0 Å². The van der Waals surface area contributed by atoms with E-state index in [1.54, 1.807) is 38.2 Å². The van der Waals surface area contributed by atoms with Crippen molar-refractivity contribution in [3.63, 3.8) is 0 Å². The van der Waals surface area contributed by atoms with Gasteiger partial charge in [0.05, 0.1) is 13.2 Å². The molecule has 6 heteroatoms. The van der Waals surface area contributed by atoms with Gasteiger partial charge in [0, 0.05) is 25.3 Å². The zero-order valence-corrected chi connectivity index (χ0v) is 15.7. The summed E-state index contributed by atoms with van der Waals surface area (Å²) in [6.07, 6.45) is 0. The van der Waals surface area contributed by atoms with Crippen molar-refractivity contribution in [1.29, 1.82) is 0 Å². The van der Waals surface area contributed by atoms with E-state index in [-0.39, 0.29) is 11.9 Å². The Hall–Kier alpha value is -2.60. The molecule has 2 rings (SSSR count). The van der Waals surface area contributed by atoms with Crippen molar-refractivity contribution in [1.82, 2.24) is 10.2 Å². The lowest BCUT2D eigenvalue weighted by Gasteiger charge is -2.18. The Bertz CT molecular complexity index is 727. The summed E-state index contributed by atoms with van der Waals surface area (Å²) in [6, 6.07) is 15.1. The Labute approximate surface area is 154 Å². The number of benzene rings is 2. The average molecular weight is 357 g/mol. The zero-order valence-electron chi connectivity index (χ0n) is 14.9. The summed E-state index contributed by atoms with van der Waals surface area (Å²) in [7, 11) is 5.11. The summed E-state index contributed by atoms with van der Waals surface area (Å²) < 4.78 is 5.16. The third-order valence-corrected chi connectivity index (χ3v) is 3.98. The standard InChI is InChI=1S/C19H23N3O2S/c1-13(14-7-11-17(24-4)12-8-14)20-19(25)21-16-9-5-15(6-10-16)18(23)22(2)3/h5-13H,1-4H3,(H2,20,21,25). The fraction of sp³-hybridized carbons (Fsp3) is 0.263. The van der Waals surface area contributed by atoms with E-state index in [4.69, 9.17) is 17.0 Å². The topological polar surface area (TPSA) is 53.6 Å². The zero-order chi connectivity index (χ0) is 18.4. The molecule has 0 aliphatic rings. The first-order chi connectivity index (χ1) is 11.9. The van der Waals surface area contributed by atoms with Crippen LogP contribution in [-0.2, 0) is 0 Å². The first-order valence-electron chi connectivity index (χ1n) is 7.94. The number of thiocarbonyl (C=S) groups is 1. The van der Waals surface area contributed by atoms with Crippen molar-refractivity contribution in [3.05, 3.63) is 59.7 Å². The molecule has 132 valence electrons. The molecule has 0 aliphatic carbocycles. The van der Waals surface area contributed by atoms with E-state index in [0.717, 1.165) is 17.0 Å². The highest BCUT2D eigenvalue weighted by molar-refractivity contribution is 7.80. The van der Waals surface area contributed by atoms with Crippen molar-refractivity contribution in [3.8, 4) is 5.75 Å². The number of anilines is 1. The lowest BCUT2D eigenvalue weighted by atomic mass is 10.1. The summed E-state index contributed by atoms with van der Waals surface area (Å²) in [6.45, 7) is 2.04.